The SMILES string of the molecule is CC(Cc1ccsc1)NC(=O)c1ccc(NC(=O)c2cccs2)cc1. The van der Waals surface area contributed by atoms with Crippen molar-refractivity contribution in [1.29, 1.82) is 0 Å². The summed E-state index contributed by atoms with van der Waals surface area (Å²) in [5.74, 6) is -0.254. The summed E-state index contributed by atoms with van der Waals surface area (Å²) in [4.78, 5) is 25.0. The Morgan fingerprint density at radius 2 is 1.84 bits per heavy atom. The Bertz CT molecular complexity index is 825. The Morgan fingerprint density at radius 3 is 2.48 bits per heavy atom. The van der Waals surface area contributed by atoms with Gasteiger partial charge in [0, 0.05) is 17.3 Å². The molecule has 6 heteroatoms. The molecule has 4 nitrogen and oxygen atoms in total. The molecular formula is C19H18N2O2S2. The van der Waals surface area contributed by atoms with E-state index in [-0.39, 0.29) is 17.9 Å². The van der Waals surface area contributed by atoms with Crippen molar-refractivity contribution in [1.82, 2.24) is 5.32 Å². The minimum absolute atomic E-state index is 0.0558. The van der Waals surface area contributed by atoms with Gasteiger partial charge in [-0.15, -0.1) is 11.3 Å². The minimum atomic E-state index is -0.142. The Balaban J connectivity index is 1.56. The Morgan fingerprint density at radius 1 is 1.04 bits per heavy atom. The standard InChI is InChI=1S/C19H18N2O2S2/c1-13(11-14-8-10-24-12-14)20-18(22)15-4-6-16(7-5-15)21-19(23)17-3-2-9-25-17/h2-10,12-13H,11H2,1H3,(H,20,22)(H,21,23). The van der Waals surface area contributed by atoms with Crippen LogP contribution in [0.4, 0.5) is 5.69 Å². The molecule has 1 atom stereocenters. The number of amides is 2. The van der Waals surface area contributed by atoms with Gasteiger partial charge in [0.1, 0.15) is 0 Å². The smallest absolute Gasteiger partial charge is 0.265 e. The molecule has 2 aromatic heterocycles. The van der Waals surface area contributed by atoms with Crippen molar-refractivity contribution in [3.8, 4) is 0 Å². The van der Waals surface area contributed by atoms with Crippen molar-refractivity contribution < 1.29 is 9.59 Å². The highest BCUT2D eigenvalue weighted by Crippen LogP contribution is 2.15. The molecule has 1 unspecified atom stereocenters. The number of thiophene rings is 2. The zero-order chi connectivity index (χ0) is 17.6. The average Bonchev–Trinajstić information content (AvgIpc) is 3.29. The van der Waals surface area contributed by atoms with Crippen molar-refractivity contribution in [2.24, 2.45) is 0 Å². The highest BCUT2D eigenvalue weighted by molar-refractivity contribution is 7.12. The molecular weight excluding hydrogens is 352 g/mol. The van der Waals surface area contributed by atoms with E-state index in [1.165, 1.54) is 16.9 Å². The normalized spacial score (nSPS) is 11.7. The Kier molecular flexibility index (Phi) is 5.63. The van der Waals surface area contributed by atoms with Crippen LogP contribution in [0, 0.1) is 0 Å². The van der Waals surface area contributed by atoms with Gasteiger partial charge < -0.3 is 10.6 Å². The van der Waals surface area contributed by atoms with Crippen LogP contribution in [-0.2, 0) is 6.42 Å². The fourth-order valence-corrected chi connectivity index (χ4v) is 3.73. The number of carbonyl (C=O) groups is 2. The maximum Gasteiger partial charge on any atom is 0.265 e. The van der Waals surface area contributed by atoms with Crippen LogP contribution >= 0.6 is 22.7 Å². The molecule has 0 bridgehead atoms. The molecule has 3 aromatic rings. The Labute approximate surface area is 154 Å². The molecule has 0 aliphatic carbocycles. The van der Waals surface area contributed by atoms with E-state index >= 15 is 0 Å². The van der Waals surface area contributed by atoms with Gasteiger partial charge in [-0.1, -0.05) is 6.07 Å². The van der Waals surface area contributed by atoms with Gasteiger partial charge in [0.15, 0.2) is 0 Å². The molecule has 0 radical (unpaired) electrons. The van der Waals surface area contributed by atoms with Gasteiger partial charge in [-0.3, -0.25) is 9.59 Å². The van der Waals surface area contributed by atoms with E-state index in [0.717, 1.165) is 6.42 Å². The van der Waals surface area contributed by atoms with Crippen molar-refractivity contribution in [3.63, 3.8) is 0 Å². The van der Waals surface area contributed by atoms with Crippen LogP contribution in [0.2, 0.25) is 0 Å². The van der Waals surface area contributed by atoms with E-state index in [2.05, 4.69) is 22.1 Å². The predicted molar refractivity (Wildman–Crippen MR) is 104 cm³/mol. The summed E-state index contributed by atoms with van der Waals surface area (Å²) < 4.78 is 0. The lowest BCUT2D eigenvalue weighted by Gasteiger charge is -2.13. The number of benzene rings is 1. The largest absolute Gasteiger partial charge is 0.349 e. The molecule has 0 fully saturated rings. The molecule has 2 amide bonds. The number of carbonyl (C=O) groups excluding carboxylic acids is 2. The highest BCUT2D eigenvalue weighted by atomic mass is 32.1. The number of rotatable bonds is 6. The van der Waals surface area contributed by atoms with Gasteiger partial charge in [0.2, 0.25) is 0 Å². The number of nitrogens with one attached hydrogen (secondary N) is 2. The molecule has 1 aromatic carbocycles. The molecule has 0 saturated carbocycles. The number of hydrogen-bond donors (Lipinski definition) is 2. The third-order valence-electron chi connectivity index (χ3n) is 3.65. The van der Waals surface area contributed by atoms with Gasteiger partial charge in [-0.05, 0) is 71.4 Å². The summed E-state index contributed by atoms with van der Waals surface area (Å²) in [6.07, 6.45) is 0.810. The summed E-state index contributed by atoms with van der Waals surface area (Å²) >= 11 is 3.05. The molecule has 128 valence electrons. The lowest BCUT2D eigenvalue weighted by atomic mass is 10.1. The fraction of sp³-hybridized carbons (Fsp3) is 0.158. The van der Waals surface area contributed by atoms with E-state index in [1.807, 2.05) is 23.8 Å². The first-order chi connectivity index (χ1) is 12.1. The summed E-state index contributed by atoms with van der Waals surface area (Å²) in [5.41, 5.74) is 2.47. The first-order valence-electron chi connectivity index (χ1n) is 7.88. The van der Waals surface area contributed by atoms with Crippen LogP contribution < -0.4 is 10.6 Å². The van der Waals surface area contributed by atoms with Crippen molar-refractivity contribution in [3.05, 3.63) is 74.6 Å². The summed E-state index contributed by atoms with van der Waals surface area (Å²) in [7, 11) is 0. The Hall–Kier alpha value is -2.44. The fourth-order valence-electron chi connectivity index (χ4n) is 2.43. The molecule has 3 rings (SSSR count). The van der Waals surface area contributed by atoms with Crippen LogP contribution in [-0.4, -0.2) is 17.9 Å². The first-order valence-corrected chi connectivity index (χ1v) is 9.71. The van der Waals surface area contributed by atoms with Crippen LogP contribution in [0.15, 0.2) is 58.6 Å². The quantitative estimate of drug-likeness (QED) is 0.675. The van der Waals surface area contributed by atoms with Gasteiger partial charge in [0.25, 0.3) is 11.8 Å². The molecule has 0 aliphatic heterocycles. The predicted octanol–water partition coefficient (Wildman–Crippen LogP) is 4.42. The molecule has 0 aliphatic rings. The van der Waals surface area contributed by atoms with Crippen LogP contribution in [0.25, 0.3) is 0 Å². The average molecular weight is 370 g/mol. The summed E-state index contributed by atoms with van der Waals surface area (Å²) in [6.45, 7) is 1.99. The lowest BCUT2D eigenvalue weighted by molar-refractivity contribution is 0.0939. The van der Waals surface area contributed by atoms with Crippen LogP contribution in [0.1, 0.15) is 32.5 Å². The van der Waals surface area contributed by atoms with Crippen molar-refractivity contribution in [2.45, 2.75) is 19.4 Å². The topological polar surface area (TPSA) is 58.2 Å². The maximum atomic E-state index is 12.3. The molecule has 2 heterocycles. The molecule has 2 N–H and O–H groups in total. The molecule has 0 spiro atoms. The van der Waals surface area contributed by atoms with Crippen LogP contribution in [0.3, 0.4) is 0 Å². The molecule has 0 saturated heterocycles. The van der Waals surface area contributed by atoms with Gasteiger partial charge in [-0.25, -0.2) is 0 Å². The van der Waals surface area contributed by atoms with Crippen molar-refractivity contribution >= 4 is 40.2 Å². The van der Waals surface area contributed by atoms with E-state index in [0.29, 0.717) is 16.1 Å². The monoisotopic (exact) mass is 370 g/mol. The zero-order valence-electron chi connectivity index (χ0n) is 13.7. The number of anilines is 1. The van der Waals surface area contributed by atoms with Gasteiger partial charge in [-0.2, -0.15) is 11.3 Å². The third-order valence-corrected chi connectivity index (χ3v) is 5.25. The minimum Gasteiger partial charge on any atom is -0.349 e. The van der Waals surface area contributed by atoms with E-state index < -0.39 is 0 Å². The third kappa shape index (κ3) is 4.78. The maximum absolute atomic E-state index is 12.3. The second-order valence-corrected chi connectivity index (χ2v) is 7.45. The van der Waals surface area contributed by atoms with Crippen LogP contribution in [0.5, 0.6) is 0 Å². The summed E-state index contributed by atoms with van der Waals surface area (Å²) in [6, 6.07) is 12.7. The number of hydrogen-bond acceptors (Lipinski definition) is 4. The van der Waals surface area contributed by atoms with Gasteiger partial charge in [0.05, 0.1) is 4.88 Å². The first kappa shape index (κ1) is 17.4. The van der Waals surface area contributed by atoms with E-state index in [1.54, 1.807) is 41.7 Å². The van der Waals surface area contributed by atoms with E-state index in [4.69, 9.17) is 0 Å². The lowest BCUT2D eigenvalue weighted by Crippen LogP contribution is -2.33. The summed E-state index contributed by atoms with van der Waals surface area (Å²) in [5, 5.41) is 11.8. The molecule has 25 heavy (non-hydrogen) atoms. The second kappa shape index (κ2) is 8.09. The second-order valence-electron chi connectivity index (χ2n) is 5.72. The zero-order valence-corrected chi connectivity index (χ0v) is 15.3. The van der Waals surface area contributed by atoms with E-state index in [9.17, 15) is 9.59 Å². The van der Waals surface area contributed by atoms with Gasteiger partial charge >= 0.3 is 0 Å². The highest BCUT2D eigenvalue weighted by Gasteiger charge is 2.11. The van der Waals surface area contributed by atoms with Crippen molar-refractivity contribution in [2.75, 3.05) is 5.32 Å².